The van der Waals surface area contributed by atoms with E-state index < -0.39 is 21.6 Å². The number of benzene rings is 2. The lowest BCUT2D eigenvalue weighted by Crippen LogP contribution is -2.37. The Kier molecular flexibility index (Phi) is 7.86. The number of nitrogens with one attached hydrogen (secondary N) is 3. The Balaban J connectivity index is 2.02. The first kappa shape index (κ1) is 22.5. The molecule has 156 valence electrons. The molecule has 10 heteroatoms. The highest BCUT2D eigenvalue weighted by Crippen LogP contribution is 2.19. The van der Waals surface area contributed by atoms with Crippen LogP contribution < -0.4 is 20.1 Å². The van der Waals surface area contributed by atoms with Crippen molar-refractivity contribution in [3.63, 3.8) is 0 Å². The first-order valence-electron chi connectivity index (χ1n) is 8.77. The standard InChI is InChI=1S/C19H22ClN3O5S/c1-3-28-16-7-5-4-6-15(16)18(24)22-17(20)12-13-8-10-14(11-9-13)29(26,27)23-19(25)21-2/h4-11,17H,3,12H2,1-2H3,(H,22,24)(H2,21,23,25). The molecule has 2 rings (SSSR count). The van der Waals surface area contributed by atoms with Crippen LogP contribution in [-0.2, 0) is 16.4 Å². The Morgan fingerprint density at radius 2 is 1.76 bits per heavy atom. The van der Waals surface area contributed by atoms with E-state index in [1.165, 1.54) is 19.2 Å². The fourth-order valence-electron chi connectivity index (χ4n) is 2.45. The third kappa shape index (κ3) is 6.37. The van der Waals surface area contributed by atoms with Crippen LogP contribution in [0.4, 0.5) is 4.79 Å². The third-order valence-electron chi connectivity index (χ3n) is 3.82. The fourth-order valence-corrected chi connectivity index (χ4v) is 3.69. The molecule has 0 aliphatic carbocycles. The molecular weight excluding hydrogens is 418 g/mol. The van der Waals surface area contributed by atoms with Crippen LogP contribution in [0.5, 0.6) is 5.75 Å². The first-order valence-corrected chi connectivity index (χ1v) is 10.7. The molecular formula is C19H22ClN3O5S. The monoisotopic (exact) mass is 439 g/mol. The van der Waals surface area contributed by atoms with Crippen LogP contribution in [0, 0.1) is 0 Å². The molecule has 0 heterocycles. The Bertz CT molecular complexity index is 964. The van der Waals surface area contributed by atoms with Crippen LogP contribution in [0.3, 0.4) is 0 Å². The first-order chi connectivity index (χ1) is 13.8. The fraction of sp³-hybridized carbons (Fsp3) is 0.263. The molecule has 0 aliphatic heterocycles. The lowest BCUT2D eigenvalue weighted by molar-refractivity contribution is 0.0945. The van der Waals surface area contributed by atoms with Gasteiger partial charge in [-0.15, -0.1) is 0 Å². The zero-order chi connectivity index (χ0) is 21.4. The van der Waals surface area contributed by atoms with Crippen molar-refractivity contribution in [1.29, 1.82) is 0 Å². The van der Waals surface area contributed by atoms with Gasteiger partial charge in [0.05, 0.1) is 17.1 Å². The van der Waals surface area contributed by atoms with Crippen LogP contribution in [-0.4, -0.2) is 39.5 Å². The Hall–Kier alpha value is -2.78. The van der Waals surface area contributed by atoms with Gasteiger partial charge < -0.3 is 15.4 Å². The molecule has 8 nitrogen and oxygen atoms in total. The number of rotatable bonds is 8. The van der Waals surface area contributed by atoms with Crippen molar-refractivity contribution in [3.8, 4) is 5.75 Å². The second-order valence-corrected chi connectivity index (χ2v) is 8.11. The second-order valence-electron chi connectivity index (χ2n) is 5.90. The van der Waals surface area contributed by atoms with E-state index in [0.29, 0.717) is 23.5 Å². The average Bonchev–Trinajstić information content (AvgIpc) is 2.68. The summed E-state index contributed by atoms with van der Waals surface area (Å²) in [5.74, 6) is 0.0950. The number of carbonyl (C=O) groups excluding carboxylic acids is 2. The van der Waals surface area contributed by atoms with Crippen LogP contribution in [0.25, 0.3) is 0 Å². The van der Waals surface area contributed by atoms with Crippen molar-refractivity contribution in [2.45, 2.75) is 23.7 Å². The SMILES string of the molecule is CCOc1ccccc1C(=O)NC(Cl)Cc1ccc(S(=O)(=O)NC(=O)NC)cc1. The molecule has 2 aromatic rings. The summed E-state index contributed by atoms with van der Waals surface area (Å²) in [5, 5.41) is 4.86. The molecule has 3 N–H and O–H groups in total. The molecule has 0 fully saturated rings. The predicted molar refractivity (Wildman–Crippen MR) is 110 cm³/mol. The summed E-state index contributed by atoms with van der Waals surface area (Å²) in [4.78, 5) is 23.6. The van der Waals surface area contributed by atoms with Crippen LogP contribution >= 0.6 is 11.6 Å². The number of hydrogen-bond donors (Lipinski definition) is 3. The van der Waals surface area contributed by atoms with Gasteiger partial charge in [0.1, 0.15) is 11.3 Å². The van der Waals surface area contributed by atoms with Gasteiger partial charge in [-0.05, 0) is 36.8 Å². The maximum absolute atomic E-state index is 12.5. The van der Waals surface area contributed by atoms with Gasteiger partial charge in [0, 0.05) is 13.5 Å². The van der Waals surface area contributed by atoms with Gasteiger partial charge in [0.25, 0.3) is 15.9 Å². The molecule has 1 atom stereocenters. The van der Waals surface area contributed by atoms with Crippen LogP contribution in [0.15, 0.2) is 53.4 Å². The maximum Gasteiger partial charge on any atom is 0.328 e. The molecule has 0 radical (unpaired) electrons. The number of alkyl halides is 1. The molecule has 2 aromatic carbocycles. The largest absolute Gasteiger partial charge is 0.493 e. The van der Waals surface area contributed by atoms with Gasteiger partial charge in [0.15, 0.2) is 0 Å². The molecule has 1 unspecified atom stereocenters. The summed E-state index contributed by atoms with van der Waals surface area (Å²) in [6, 6.07) is 11.9. The second kappa shape index (κ2) is 10.1. The van der Waals surface area contributed by atoms with E-state index in [2.05, 4.69) is 10.6 Å². The van der Waals surface area contributed by atoms with Crippen molar-refractivity contribution in [1.82, 2.24) is 15.4 Å². The van der Waals surface area contributed by atoms with Crippen LogP contribution in [0.1, 0.15) is 22.8 Å². The van der Waals surface area contributed by atoms with E-state index in [9.17, 15) is 18.0 Å². The van der Waals surface area contributed by atoms with Crippen molar-refractivity contribution in [3.05, 3.63) is 59.7 Å². The smallest absolute Gasteiger partial charge is 0.328 e. The number of ether oxygens (including phenoxy) is 1. The van der Waals surface area contributed by atoms with Gasteiger partial charge in [-0.1, -0.05) is 35.9 Å². The predicted octanol–water partition coefficient (Wildman–Crippen LogP) is 2.24. The van der Waals surface area contributed by atoms with E-state index in [1.807, 2.05) is 11.6 Å². The lowest BCUT2D eigenvalue weighted by Gasteiger charge is -2.14. The van der Waals surface area contributed by atoms with E-state index in [0.717, 1.165) is 0 Å². The minimum atomic E-state index is -3.96. The minimum absolute atomic E-state index is 0.0642. The molecule has 0 spiro atoms. The maximum atomic E-state index is 12.5. The van der Waals surface area contributed by atoms with Gasteiger partial charge in [-0.3, -0.25) is 4.79 Å². The third-order valence-corrected chi connectivity index (χ3v) is 5.43. The zero-order valence-corrected chi connectivity index (χ0v) is 17.5. The number of halogens is 1. The van der Waals surface area contributed by atoms with Crippen molar-refractivity contribution in [2.24, 2.45) is 0 Å². The number of para-hydroxylation sites is 1. The Morgan fingerprint density at radius 1 is 1.10 bits per heavy atom. The highest BCUT2D eigenvalue weighted by atomic mass is 35.5. The molecule has 0 aliphatic rings. The van der Waals surface area contributed by atoms with E-state index in [1.54, 1.807) is 36.4 Å². The molecule has 0 aromatic heterocycles. The Morgan fingerprint density at radius 3 is 2.38 bits per heavy atom. The van der Waals surface area contributed by atoms with Gasteiger partial charge in [-0.25, -0.2) is 17.9 Å². The van der Waals surface area contributed by atoms with E-state index in [-0.39, 0.29) is 17.2 Å². The summed E-state index contributed by atoms with van der Waals surface area (Å²) >= 11 is 6.25. The van der Waals surface area contributed by atoms with Crippen molar-refractivity contribution in [2.75, 3.05) is 13.7 Å². The van der Waals surface area contributed by atoms with Gasteiger partial charge in [-0.2, -0.15) is 0 Å². The van der Waals surface area contributed by atoms with E-state index >= 15 is 0 Å². The average molecular weight is 440 g/mol. The summed E-state index contributed by atoms with van der Waals surface area (Å²) in [6.07, 6.45) is 0.271. The number of carbonyl (C=O) groups is 2. The summed E-state index contributed by atoms with van der Waals surface area (Å²) in [5.41, 5.74) is 0.368. The normalized spacial score (nSPS) is 12.0. The summed E-state index contributed by atoms with van der Waals surface area (Å²) in [7, 11) is -2.65. The topological polar surface area (TPSA) is 114 Å². The molecule has 0 saturated carbocycles. The molecule has 0 bridgehead atoms. The number of urea groups is 1. The summed E-state index contributed by atoms with van der Waals surface area (Å²) < 4.78 is 31.4. The lowest BCUT2D eigenvalue weighted by atomic mass is 10.1. The summed E-state index contributed by atoms with van der Waals surface area (Å²) in [6.45, 7) is 2.26. The molecule has 29 heavy (non-hydrogen) atoms. The van der Waals surface area contributed by atoms with Gasteiger partial charge >= 0.3 is 6.03 Å². The highest BCUT2D eigenvalue weighted by molar-refractivity contribution is 7.90. The Labute approximate surface area is 174 Å². The number of amides is 3. The minimum Gasteiger partial charge on any atom is -0.493 e. The number of hydrogen-bond acceptors (Lipinski definition) is 5. The number of sulfonamides is 1. The highest BCUT2D eigenvalue weighted by Gasteiger charge is 2.18. The van der Waals surface area contributed by atoms with Crippen molar-refractivity contribution >= 4 is 33.6 Å². The molecule has 0 saturated heterocycles. The zero-order valence-electron chi connectivity index (χ0n) is 15.9. The quantitative estimate of drug-likeness (QED) is 0.431. The van der Waals surface area contributed by atoms with Crippen LogP contribution in [0.2, 0.25) is 0 Å². The van der Waals surface area contributed by atoms with E-state index in [4.69, 9.17) is 16.3 Å². The molecule has 3 amide bonds. The van der Waals surface area contributed by atoms with Crippen molar-refractivity contribution < 1.29 is 22.7 Å². The van der Waals surface area contributed by atoms with Gasteiger partial charge in [0.2, 0.25) is 0 Å².